The maximum absolute atomic E-state index is 5.73. The van der Waals surface area contributed by atoms with E-state index in [1.54, 1.807) is 18.0 Å². The SMILES string of the molecule is COc1cc(-n2cccn2)ccc1-c1nn(C)c2c(C=Cc3ccccc3)cc(C)nc12. The van der Waals surface area contributed by atoms with Crippen molar-refractivity contribution >= 4 is 23.2 Å². The van der Waals surface area contributed by atoms with Crippen LogP contribution < -0.4 is 4.74 Å². The van der Waals surface area contributed by atoms with Crippen molar-refractivity contribution in [1.82, 2.24) is 24.5 Å². The Kier molecular flexibility index (Phi) is 5.03. The van der Waals surface area contributed by atoms with Crippen molar-refractivity contribution in [3.05, 3.63) is 89.9 Å². The number of fused-ring (bicyclic) bond motifs is 1. The molecule has 0 saturated carbocycles. The fourth-order valence-corrected chi connectivity index (χ4v) is 3.94. The summed E-state index contributed by atoms with van der Waals surface area (Å²) >= 11 is 0. The second kappa shape index (κ2) is 8.15. The lowest BCUT2D eigenvalue weighted by Gasteiger charge is -2.10. The van der Waals surface area contributed by atoms with Crippen LogP contribution in [-0.2, 0) is 7.05 Å². The molecule has 2 aromatic carbocycles. The highest BCUT2D eigenvalue weighted by Crippen LogP contribution is 2.36. The number of hydrogen-bond donors (Lipinski definition) is 0. The van der Waals surface area contributed by atoms with Crippen LogP contribution in [0.4, 0.5) is 0 Å². The van der Waals surface area contributed by atoms with Gasteiger partial charge in [-0.3, -0.25) is 4.68 Å². The minimum Gasteiger partial charge on any atom is -0.496 e. The molecule has 3 aromatic heterocycles. The van der Waals surface area contributed by atoms with Gasteiger partial charge >= 0.3 is 0 Å². The Labute approximate surface area is 186 Å². The summed E-state index contributed by atoms with van der Waals surface area (Å²) < 4.78 is 9.43. The summed E-state index contributed by atoms with van der Waals surface area (Å²) in [5.74, 6) is 0.725. The third-order valence-corrected chi connectivity index (χ3v) is 5.41. The van der Waals surface area contributed by atoms with Crippen LogP contribution in [0.25, 0.3) is 40.1 Å². The fourth-order valence-electron chi connectivity index (χ4n) is 3.94. The zero-order chi connectivity index (χ0) is 22.1. The quantitative estimate of drug-likeness (QED) is 0.386. The molecule has 0 atom stereocenters. The van der Waals surface area contributed by atoms with Crippen molar-refractivity contribution in [2.24, 2.45) is 7.05 Å². The number of methoxy groups -OCH3 is 1. The van der Waals surface area contributed by atoms with Crippen LogP contribution >= 0.6 is 0 Å². The van der Waals surface area contributed by atoms with E-state index in [9.17, 15) is 0 Å². The van der Waals surface area contributed by atoms with E-state index in [1.165, 1.54) is 0 Å². The molecule has 0 spiro atoms. The van der Waals surface area contributed by atoms with Crippen LogP contribution in [0.5, 0.6) is 5.75 Å². The zero-order valence-electron chi connectivity index (χ0n) is 18.2. The molecule has 0 N–H and O–H groups in total. The number of hydrogen-bond acceptors (Lipinski definition) is 4. The Balaban J connectivity index is 1.65. The maximum Gasteiger partial charge on any atom is 0.130 e. The van der Waals surface area contributed by atoms with Gasteiger partial charge in [-0.25, -0.2) is 9.67 Å². The molecule has 0 aliphatic heterocycles. The number of pyridine rings is 1. The largest absolute Gasteiger partial charge is 0.496 e. The van der Waals surface area contributed by atoms with Gasteiger partial charge in [0.1, 0.15) is 17.0 Å². The molecule has 0 bridgehead atoms. The van der Waals surface area contributed by atoms with E-state index < -0.39 is 0 Å². The van der Waals surface area contributed by atoms with Gasteiger partial charge in [0.15, 0.2) is 0 Å². The van der Waals surface area contributed by atoms with Crippen LogP contribution in [0.3, 0.4) is 0 Å². The van der Waals surface area contributed by atoms with Crippen LogP contribution in [0, 0.1) is 6.92 Å². The first-order chi connectivity index (χ1) is 15.6. The van der Waals surface area contributed by atoms with Crippen molar-refractivity contribution in [2.75, 3.05) is 7.11 Å². The average Bonchev–Trinajstić information content (AvgIpc) is 3.46. The van der Waals surface area contributed by atoms with Gasteiger partial charge in [-0.15, -0.1) is 0 Å². The van der Waals surface area contributed by atoms with E-state index >= 15 is 0 Å². The molecular formula is C26H23N5O. The minimum absolute atomic E-state index is 0.725. The molecule has 158 valence electrons. The highest BCUT2D eigenvalue weighted by Gasteiger charge is 2.19. The summed E-state index contributed by atoms with van der Waals surface area (Å²) in [6, 6.07) is 20.2. The topological polar surface area (TPSA) is 57.8 Å². The molecular weight excluding hydrogens is 398 g/mol. The standard InChI is InChI=1S/C26H23N5O/c1-18-16-20(11-10-19-8-5-4-6-9-19)26-25(28-18)24(29-30(26)2)22-13-12-21(17-23(22)32-3)31-15-7-14-27-31/h4-17H,1-3H3. The van der Waals surface area contributed by atoms with Crippen LogP contribution in [-0.4, -0.2) is 31.7 Å². The molecule has 5 rings (SSSR count). The van der Waals surface area contributed by atoms with E-state index in [2.05, 4.69) is 35.4 Å². The molecule has 0 aliphatic carbocycles. The first-order valence-corrected chi connectivity index (χ1v) is 10.4. The van der Waals surface area contributed by atoms with Crippen molar-refractivity contribution in [1.29, 1.82) is 0 Å². The fraction of sp³-hybridized carbons (Fsp3) is 0.115. The molecule has 6 heteroatoms. The van der Waals surface area contributed by atoms with Gasteiger partial charge in [0.05, 0.1) is 18.3 Å². The number of ether oxygens (including phenoxy) is 1. The van der Waals surface area contributed by atoms with E-state index in [-0.39, 0.29) is 0 Å². The van der Waals surface area contributed by atoms with Crippen molar-refractivity contribution in [3.63, 3.8) is 0 Å². The summed E-state index contributed by atoms with van der Waals surface area (Å²) in [6.07, 6.45) is 7.89. The molecule has 32 heavy (non-hydrogen) atoms. The Morgan fingerprint density at radius 1 is 0.969 bits per heavy atom. The minimum atomic E-state index is 0.725. The second-order valence-electron chi connectivity index (χ2n) is 7.60. The summed E-state index contributed by atoms with van der Waals surface area (Å²) in [7, 11) is 3.62. The molecule has 3 heterocycles. The lowest BCUT2D eigenvalue weighted by molar-refractivity contribution is 0.416. The van der Waals surface area contributed by atoms with Crippen molar-refractivity contribution in [2.45, 2.75) is 6.92 Å². The van der Waals surface area contributed by atoms with E-state index in [4.69, 9.17) is 14.8 Å². The lowest BCUT2D eigenvalue weighted by atomic mass is 10.1. The highest BCUT2D eigenvalue weighted by molar-refractivity contribution is 5.97. The maximum atomic E-state index is 5.73. The van der Waals surface area contributed by atoms with Crippen LogP contribution in [0.1, 0.15) is 16.8 Å². The monoisotopic (exact) mass is 421 g/mol. The number of nitrogens with zero attached hydrogens (tertiary/aromatic N) is 5. The Morgan fingerprint density at radius 3 is 2.56 bits per heavy atom. The third-order valence-electron chi connectivity index (χ3n) is 5.41. The first kappa shape index (κ1) is 19.8. The smallest absolute Gasteiger partial charge is 0.130 e. The Hall–Kier alpha value is -4.19. The predicted molar refractivity (Wildman–Crippen MR) is 128 cm³/mol. The molecule has 0 fully saturated rings. The van der Waals surface area contributed by atoms with Gasteiger partial charge in [0.25, 0.3) is 0 Å². The van der Waals surface area contributed by atoms with Crippen LogP contribution in [0.15, 0.2) is 73.1 Å². The number of benzene rings is 2. The Morgan fingerprint density at radius 2 is 1.81 bits per heavy atom. The van der Waals surface area contributed by atoms with Gasteiger partial charge in [-0.1, -0.05) is 42.5 Å². The lowest BCUT2D eigenvalue weighted by Crippen LogP contribution is -1.97. The summed E-state index contributed by atoms with van der Waals surface area (Å²) in [4.78, 5) is 4.85. The Bertz CT molecular complexity index is 1420. The molecule has 6 nitrogen and oxygen atoms in total. The molecule has 0 amide bonds. The molecule has 0 radical (unpaired) electrons. The van der Waals surface area contributed by atoms with Gasteiger partial charge in [0.2, 0.25) is 0 Å². The summed E-state index contributed by atoms with van der Waals surface area (Å²) in [5.41, 5.74) is 7.60. The third kappa shape index (κ3) is 3.56. The number of aromatic nitrogens is 5. The number of rotatable bonds is 5. The normalized spacial score (nSPS) is 11.5. The van der Waals surface area contributed by atoms with E-state index in [1.807, 2.05) is 67.3 Å². The van der Waals surface area contributed by atoms with Crippen LogP contribution in [0.2, 0.25) is 0 Å². The van der Waals surface area contributed by atoms with Crippen molar-refractivity contribution < 1.29 is 4.74 Å². The van der Waals surface area contributed by atoms with Crippen molar-refractivity contribution in [3.8, 4) is 22.7 Å². The predicted octanol–water partition coefficient (Wildman–Crippen LogP) is 5.31. The molecule has 5 aromatic rings. The van der Waals surface area contributed by atoms with Gasteiger partial charge in [-0.05, 0) is 36.8 Å². The van der Waals surface area contributed by atoms with E-state index in [0.29, 0.717) is 0 Å². The average molecular weight is 422 g/mol. The molecule has 0 unspecified atom stereocenters. The van der Waals surface area contributed by atoms with E-state index in [0.717, 1.165) is 50.5 Å². The summed E-state index contributed by atoms with van der Waals surface area (Å²) in [5, 5.41) is 9.14. The molecule has 0 saturated heterocycles. The second-order valence-corrected chi connectivity index (χ2v) is 7.60. The zero-order valence-corrected chi connectivity index (χ0v) is 18.2. The summed E-state index contributed by atoms with van der Waals surface area (Å²) in [6.45, 7) is 2.01. The number of aryl methyl sites for hydroxylation is 2. The molecule has 0 aliphatic rings. The first-order valence-electron chi connectivity index (χ1n) is 10.4. The van der Waals surface area contributed by atoms with Gasteiger partial charge in [-0.2, -0.15) is 10.2 Å². The highest BCUT2D eigenvalue weighted by atomic mass is 16.5. The van der Waals surface area contributed by atoms with Gasteiger partial charge < -0.3 is 4.74 Å². The van der Waals surface area contributed by atoms with Gasteiger partial charge in [0, 0.05) is 42.3 Å².